The van der Waals surface area contributed by atoms with Crippen LogP contribution < -0.4 is 14.8 Å². The molecule has 0 unspecified atom stereocenters. The van der Waals surface area contributed by atoms with Gasteiger partial charge in [0, 0.05) is 29.9 Å². The Bertz CT molecular complexity index is 849. The van der Waals surface area contributed by atoms with E-state index in [4.69, 9.17) is 37.4 Å². The number of aromatic nitrogens is 2. The van der Waals surface area contributed by atoms with Gasteiger partial charge in [-0.15, -0.1) is 0 Å². The van der Waals surface area contributed by atoms with Crippen molar-refractivity contribution in [3.63, 3.8) is 0 Å². The van der Waals surface area contributed by atoms with Gasteiger partial charge < -0.3 is 19.5 Å². The Morgan fingerprint density at radius 3 is 2.29 bits per heavy atom. The number of rotatable bonds is 6. The fourth-order valence-corrected chi connectivity index (χ4v) is 3.49. The highest BCUT2D eigenvalue weighted by atomic mass is 35.5. The number of ether oxygens (including phenoxy) is 3. The van der Waals surface area contributed by atoms with Crippen molar-refractivity contribution in [2.45, 2.75) is 13.0 Å². The lowest BCUT2D eigenvalue weighted by atomic mass is 10.1. The lowest BCUT2D eigenvalue weighted by molar-refractivity contribution is 0.187. The summed E-state index contributed by atoms with van der Waals surface area (Å²) in [6, 6.07) is 1.65. The molecule has 1 aromatic carbocycles. The maximum Gasteiger partial charge on any atom is 0.222 e. The molecule has 1 aliphatic heterocycles. The van der Waals surface area contributed by atoms with E-state index in [0.717, 1.165) is 0 Å². The summed E-state index contributed by atoms with van der Waals surface area (Å²) in [5.74, 6) is 0.677. The molecule has 3 rings (SSSR count). The largest absolute Gasteiger partial charge is 0.495 e. The molecule has 150 valence electrons. The van der Waals surface area contributed by atoms with Gasteiger partial charge in [0.05, 0.1) is 49.1 Å². The highest BCUT2D eigenvalue weighted by Gasteiger charge is 2.24. The average Bonchev–Trinajstić information content (AvgIpc) is 3.08. The number of anilines is 1. The molecular weight excluding hydrogens is 408 g/mol. The van der Waals surface area contributed by atoms with Crippen LogP contribution in [-0.2, 0) is 4.74 Å². The summed E-state index contributed by atoms with van der Waals surface area (Å²) in [4.78, 5) is 8.46. The van der Waals surface area contributed by atoms with E-state index in [1.54, 1.807) is 0 Å². The van der Waals surface area contributed by atoms with Crippen molar-refractivity contribution in [2.24, 2.45) is 5.92 Å². The molecule has 1 fully saturated rings. The molecule has 0 amide bonds. The minimum absolute atomic E-state index is 0.0151. The summed E-state index contributed by atoms with van der Waals surface area (Å²) in [5.41, 5.74) is 0.436. The Kier molecular flexibility index (Phi) is 6.59. The first-order chi connectivity index (χ1) is 13.4. The van der Waals surface area contributed by atoms with Crippen LogP contribution >= 0.6 is 23.2 Å². The van der Waals surface area contributed by atoms with E-state index in [2.05, 4.69) is 22.2 Å². The van der Waals surface area contributed by atoms with Gasteiger partial charge >= 0.3 is 0 Å². The molecule has 0 aliphatic carbocycles. The zero-order chi connectivity index (χ0) is 20.3. The fraction of sp³-hybridized carbons (Fsp3) is 0.368. The highest BCUT2D eigenvalue weighted by molar-refractivity contribution is 6.39. The summed E-state index contributed by atoms with van der Waals surface area (Å²) in [6.07, 6.45) is 4.26. The standard InChI is InChI=1S/C19H20Cl2FN3O3/c1-10-8-28-9-13(10)25-19-23-6-11(7-24-19)4-12(22)16-17(20)14(26-2)5-15(27-3)18(16)21/h4-7,10,13H,8-9H2,1-3H3,(H,23,24,25)/b12-4-/t10-,13+/m0/s1. The third kappa shape index (κ3) is 4.32. The molecule has 0 spiro atoms. The summed E-state index contributed by atoms with van der Waals surface area (Å²) in [5, 5.41) is 3.32. The van der Waals surface area contributed by atoms with Crippen LogP contribution in [0.2, 0.25) is 10.0 Å². The Morgan fingerprint density at radius 1 is 1.18 bits per heavy atom. The first kappa shape index (κ1) is 20.6. The van der Waals surface area contributed by atoms with Crippen molar-refractivity contribution >= 4 is 41.1 Å². The van der Waals surface area contributed by atoms with Crippen LogP contribution in [0, 0.1) is 5.92 Å². The predicted octanol–water partition coefficient (Wildman–Crippen LogP) is 4.72. The average molecular weight is 428 g/mol. The number of hydrogen-bond donors (Lipinski definition) is 1. The van der Waals surface area contributed by atoms with Gasteiger partial charge in [0.2, 0.25) is 5.95 Å². The summed E-state index contributed by atoms with van der Waals surface area (Å²) in [6.45, 7) is 3.40. The van der Waals surface area contributed by atoms with E-state index in [0.29, 0.717) is 30.6 Å². The maximum absolute atomic E-state index is 14.9. The molecule has 2 heterocycles. The van der Waals surface area contributed by atoms with Crippen LogP contribution in [-0.4, -0.2) is 43.4 Å². The minimum Gasteiger partial charge on any atom is -0.495 e. The van der Waals surface area contributed by atoms with Crippen molar-refractivity contribution in [1.82, 2.24) is 9.97 Å². The fourth-order valence-electron chi connectivity index (χ4n) is 2.81. The zero-order valence-electron chi connectivity index (χ0n) is 15.6. The molecule has 2 aromatic rings. The Balaban J connectivity index is 1.85. The van der Waals surface area contributed by atoms with Crippen LogP contribution in [0.1, 0.15) is 18.1 Å². The SMILES string of the molecule is COc1cc(OC)c(Cl)c(/C(F)=C/c2cnc(N[C@@H]3COC[C@@H]3C)nc2)c1Cl. The second-order valence-electron chi connectivity index (χ2n) is 6.38. The lowest BCUT2D eigenvalue weighted by Gasteiger charge is -2.15. The number of halogens is 3. The van der Waals surface area contributed by atoms with Gasteiger partial charge in [-0.1, -0.05) is 30.1 Å². The summed E-state index contributed by atoms with van der Waals surface area (Å²) >= 11 is 12.5. The molecule has 9 heteroatoms. The van der Waals surface area contributed by atoms with Crippen LogP contribution in [0.3, 0.4) is 0 Å². The van der Waals surface area contributed by atoms with E-state index in [1.807, 2.05) is 0 Å². The molecule has 1 saturated heterocycles. The minimum atomic E-state index is -0.658. The van der Waals surface area contributed by atoms with Gasteiger partial charge in [0.1, 0.15) is 17.3 Å². The van der Waals surface area contributed by atoms with Gasteiger partial charge in [-0.2, -0.15) is 0 Å². The molecule has 28 heavy (non-hydrogen) atoms. The Hall–Kier alpha value is -2.09. The van der Waals surface area contributed by atoms with E-state index in [1.165, 1.54) is 38.8 Å². The zero-order valence-corrected chi connectivity index (χ0v) is 17.1. The van der Waals surface area contributed by atoms with Crippen LogP contribution in [0.4, 0.5) is 10.3 Å². The van der Waals surface area contributed by atoms with Crippen molar-refractivity contribution in [3.05, 3.63) is 39.6 Å². The van der Waals surface area contributed by atoms with Gasteiger partial charge in [0.15, 0.2) is 0 Å². The predicted molar refractivity (Wildman–Crippen MR) is 108 cm³/mol. The molecular formula is C19H20Cl2FN3O3. The topological polar surface area (TPSA) is 65.5 Å². The molecule has 1 aromatic heterocycles. The highest BCUT2D eigenvalue weighted by Crippen LogP contribution is 2.44. The van der Waals surface area contributed by atoms with Gasteiger partial charge in [0.25, 0.3) is 0 Å². The van der Waals surface area contributed by atoms with Gasteiger partial charge in [-0.05, 0) is 6.08 Å². The lowest BCUT2D eigenvalue weighted by Crippen LogP contribution is -2.26. The van der Waals surface area contributed by atoms with Crippen molar-refractivity contribution in [3.8, 4) is 11.5 Å². The van der Waals surface area contributed by atoms with E-state index in [-0.39, 0.29) is 33.1 Å². The first-order valence-electron chi connectivity index (χ1n) is 8.58. The first-order valence-corrected chi connectivity index (χ1v) is 9.34. The molecule has 1 N–H and O–H groups in total. The smallest absolute Gasteiger partial charge is 0.222 e. The van der Waals surface area contributed by atoms with E-state index < -0.39 is 5.83 Å². The van der Waals surface area contributed by atoms with Crippen molar-refractivity contribution in [2.75, 3.05) is 32.8 Å². The van der Waals surface area contributed by atoms with E-state index in [9.17, 15) is 4.39 Å². The molecule has 6 nitrogen and oxygen atoms in total. The molecule has 0 saturated carbocycles. The summed E-state index contributed by atoms with van der Waals surface area (Å²) in [7, 11) is 2.85. The summed E-state index contributed by atoms with van der Waals surface area (Å²) < 4.78 is 30.7. The quantitative estimate of drug-likeness (QED) is 0.719. The Labute approximate surface area is 172 Å². The van der Waals surface area contributed by atoms with Crippen molar-refractivity contribution in [1.29, 1.82) is 0 Å². The number of benzene rings is 1. The number of methoxy groups -OCH3 is 2. The third-order valence-corrected chi connectivity index (χ3v) is 5.21. The molecule has 0 radical (unpaired) electrons. The van der Waals surface area contributed by atoms with Crippen molar-refractivity contribution < 1.29 is 18.6 Å². The Morgan fingerprint density at radius 2 is 1.79 bits per heavy atom. The second kappa shape index (κ2) is 8.94. The number of hydrogen-bond acceptors (Lipinski definition) is 6. The van der Waals surface area contributed by atoms with Gasteiger partial charge in [-0.25, -0.2) is 14.4 Å². The van der Waals surface area contributed by atoms with Crippen LogP contribution in [0.15, 0.2) is 18.5 Å². The number of nitrogens with one attached hydrogen (secondary N) is 1. The number of nitrogens with zero attached hydrogens (tertiary/aromatic N) is 2. The molecule has 1 aliphatic rings. The molecule has 0 bridgehead atoms. The second-order valence-corrected chi connectivity index (χ2v) is 7.14. The van der Waals surface area contributed by atoms with Gasteiger partial charge in [-0.3, -0.25) is 0 Å². The third-order valence-electron chi connectivity index (χ3n) is 4.46. The van der Waals surface area contributed by atoms with Crippen LogP contribution in [0.5, 0.6) is 11.5 Å². The van der Waals surface area contributed by atoms with E-state index >= 15 is 0 Å². The normalized spacial score (nSPS) is 19.6. The maximum atomic E-state index is 14.9. The molecule has 2 atom stereocenters. The van der Waals surface area contributed by atoms with Crippen LogP contribution in [0.25, 0.3) is 11.9 Å². The monoisotopic (exact) mass is 427 g/mol.